The van der Waals surface area contributed by atoms with Gasteiger partial charge in [0.05, 0.1) is 0 Å². The Kier molecular flexibility index (Phi) is 25.4. The molecule has 0 amide bonds. The van der Waals surface area contributed by atoms with E-state index < -0.39 is 0 Å². The van der Waals surface area contributed by atoms with Gasteiger partial charge in [-0.1, -0.05) is 6.92 Å². The van der Waals surface area contributed by atoms with Crippen molar-refractivity contribution in [3.05, 3.63) is 6.92 Å². The van der Waals surface area contributed by atoms with Crippen LogP contribution in [0.5, 0.6) is 0 Å². The van der Waals surface area contributed by atoms with Crippen LogP contribution in [0.1, 0.15) is 13.8 Å². The Labute approximate surface area is 103 Å². The van der Waals surface area contributed by atoms with E-state index >= 15 is 0 Å². The molecule has 0 heterocycles. The van der Waals surface area contributed by atoms with E-state index in [0.717, 1.165) is 0 Å². The van der Waals surface area contributed by atoms with Crippen LogP contribution >= 0.6 is 50.5 Å². The van der Waals surface area contributed by atoms with Crippen molar-refractivity contribution < 1.29 is 21.6 Å². The van der Waals surface area contributed by atoms with Crippen LogP contribution in [0, 0.1) is 12.8 Å². The summed E-state index contributed by atoms with van der Waals surface area (Å²) in [6.45, 7) is 6.81. The van der Waals surface area contributed by atoms with E-state index in [9.17, 15) is 4.79 Å². The van der Waals surface area contributed by atoms with Gasteiger partial charge in [0.2, 0.25) is 0 Å². The molecular formula is C5H10CoI3O-. The first-order valence-electron chi connectivity index (χ1n) is 2.29. The molecule has 0 saturated carbocycles. The molecule has 0 N–H and O–H groups in total. The largest absolute Gasteiger partial charge is 0.333 e. The van der Waals surface area contributed by atoms with E-state index in [-0.39, 0.29) is 28.5 Å². The first kappa shape index (κ1) is 18.2. The van der Waals surface area contributed by atoms with Crippen LogP contribution in [-0.2, 0) is 21.6 Å². The number of carbonyl (C=O) groups excluding carboxylic acids is 1. The van der Waals surface area contributed by atoms with Crippen LogP contribution in [0.2, 0.25) is 0 Å². The van der Waals surface area contributed by atoms with Crippen molar-refractivity contribution in [2.24, 2.45) is 5.92 Å². The summed E-state index contributed by atoms with van der Waals surface area (Å²) in [6, 6.07) is 0. The first-order valence-corrected chi connectivity index (χ1v) is 15.9. The van der Waals surface area contributed by atoms with Crippen molar-refractivity contribution in [1.82, 2.24) is 0 Å². The summed E-state index contributed by atoms with van der Waals surface area (Å²) in [6.07, 6.45) is 0. The third kappa shape index (κ3) is 22.4. The van der Waals surface area contributed by atoms with E-state index in [1.54, 1.807) is 6.92 Å². The van der Waals surface area contributed by atoms with E-state index in [2.05, 4.69) is 44.2 Å². The second-order valence-electron chi connectivity index (χ2n) is 1.57. The number of halogens is 3. The van der Waals surface area contributed by atoms with Crippen LogP contribution in [0.3, 0.4) is 0 Å². The number of carbonyl (C=O) groups is 1. The van der Waals surface area contributed by atoms with Gasteiger partial charge in [-0.2, -0.15) is 0 Å². The van der Waals surface area contributed by atoms with Crippen LogP contribution < -0.4 is 0 Å². The topological polar surface area (TPSA) is 17.1 Å². The van der Waals surface area contributed by atoms with Gasteiger partial charge in [-0.05, 0) is 6.92 Å². The fraction of sp³-hybridized carbons (Fsp3) is 0.600. The second kappa shape index (κ2) is 13.9. The summed E-state index contributed by atoms with van der Waals surface area (Å²) in [5, 5.41) is 0. The summed E-state index contributed by atoms with van der Waals surface area (Å²) in [5.41, 5.74) is 0. The second-order valence-corrected chi connectivity index (χ2v) is 19.1. The van der Waals surface area contributed by atoms with Gasteiger partial charge in [0.25, 0.3) is 0 Å². The van der Waals surface area contributed by atoms with Crippen molar-refractivity contribution in [3.8, 4) is 0 Å². The monoisotopic (exact) mass is 526 g/mol. The smallest absolute Gasteiger partial charge is 0.102 e. The number of rotatable bonds is 1. The summed E-state index contributed by atoms with van der Waals surface area (Å²) in [7, 11) is 0. The molecule has 10 heavy (non-hydrogen) atoms. The molecule has 5 heteroatoms. The van der Waals surface area contributed by atoms with E-state index in [4.69, 9.17) is 0 Å². The zero-order valence-corrected chi connectivity index (χ0v) is 13.4. The third-order valence-electron chi connectivity index (χ3n) is 0.694. The maximum Gasteiger partial charge on any atom is 0.102 e. The molecule has 0 fully saturated rings. The Balaban J connectivity index is -0.000000107. The van der Waals surface area contributed by atoms with Crippen molar-refractivity contribution in [2.45, 2.75) is 13.8 Å². The van der Waals surface area contributed by atoms with Gasteiger partial charge in [-0.15, -0.1) is 5.92 Å². The maximum absolute atomic E-state index is 10.1. The molecule has 1 unspecified atom stereocenters. The molecule has 0 aliphatic heterocycles. The predicted octanol–water partition coefficient (Wildman–Crippen LogP) is 3.43. The fourth-order valence-corrected chi connectivity index (χ4v) is 0. The van der Waals surface area contributed by atoms with Crippen LogP contribution in [0.4, 0.5) is 0 Å². The van der Waals surface area contributed by atoms with Gasteiger partial charge in [0, 0.05) is 16.8 Å². The molecule has 0 aromatic carbocycles. The molecule has 0 bridgehead atoms. The van der Waals surface area contributed by atoms with Gasteiger partial charge in [-0.3, -0.25) is 0 Å². The minimum atomic E-state index is -0.0370. The molecular weight excluding hydrogens is 516 g/mol. The normalized spacial score (nSPS) is 10.5. The van der Waals surface area contributed by atoms with Crippen molar-refractivity contribution in [3.63, 3.8) is 0 Å². The Morgan fingerprint density at radius 2 is 1.70 bits per heavy atom. The summed E-state index contributed by atoms with van der Waals surface area (Å²) >= 11 is 5.22. The predicted molar refractivity (Wildman–Crippen MR) is 68.7 cm³/mol. The van der Waals surface area contributed by atoms with Crippen LogP contribution in [0.15, 0.2) is 0 Å². The molecule has 1 radical (unpaired) electrons. The average Bonchev–Trinajstić information content (AvgIpc) is 1.68. The minimum Gasteiger partial charge on any atom is -0.333 e. The van der Waals surface area contributed by atoms with Crippen molar-refractivity contribution in [2.75, 3.05) is 0 Å². The van der Waals surface area contributed by atoms with Gasteiger partial charge < -0.3 is 11.7 Å². The third-order valence-corrected chi connectivity index (χ3v) is 0.694. The number of ketones is 1. The first-order chi connectivity index (χ1) is 4.06. The van der Waals surface area contributed by atoms with E-state index in [1.165, 1.54) is 6.92 Å². The van der Waals surface area contributed by atoms with Crippen molar-refractivity contribution >= 4 is 56.3 Å². The standard InChI is InChI=1S/C5H9O.Co.HI3/c1-4(2)5(3)6;;1-3-2/h4H,1H2,2-3H3;;3H/q-1;;. The minimum absolute atomic E-state index is 0. The summed E-state index contributed by atoms with van der Waals surface area (Å²) in [4.78, 5) is 10.1. The molecule has 1 atom stereocenters. The van der Waals surface area contributed by atoms with Gasteiger partial charge in [0.15, 0.2) is 0 Å². The zero-order valence-electron chi connectivity index (χ0n) is 5.69. The van der Waals surface area contributed by atoms with Gasteiger partial charge >= 0.3 is 50.5 Å². The molecule has 0 aromatic heterocycles. The van der Waals surface area contributed by atoms with Gasteiger partial charge in [-0.25, -0.2) is 0 Å². The molecule has 0 aliphatic carbocycles. The quantitative estimate of drug-likeness (QED) is 0.379. The Bertz CT molecular complexity index is 77.3. The molecule has 0 spiro atoms. The molecule has 0 saturated heterocycles. The molecule has 1 nitrogen and oxygen atoms in total. The maximum atomic E-state index is 10.1. The molecule has 0 aliphatic rings. The number of hydrogen-bond acceptors (Lipinski definition) is 1. The van der Waals surface area contributed by atoms with Crippen LogP contribution in [-0.4, -0.2) is 5.78 Å². The average molecular weight is 526 g/mol. The van der Waals surface area contributed by atoms with E-state index in [1.807, 2.05) is 0 Å². The van der Waals surface area contributed by atoms with E-state index in [0.29, 0.717) is 13.3 Å². The Morgan fingerprint density at radius 1 is 1.60 bits per heavy atom. The Morgan fingerprint density at radius 3 is 1.70 bits per heavy atom. The summed E-state index contributed by atoms with van der Waals surface area (Å²) < 4.78 is 0. The molecule has 0 rings (SSSR count). The SMILES string of the molecule is I[IH]I.[CH2-]C(C)C(C)=O.[Co]. The number of Topliss-reactive ketones (excluding diaryl/α,β-unsaturated/α-hetero) is 1. The summed E-state index contributed by atoms with van der Waals surface area (Å²) in [5.74, 6) is 0.111. The molecule has 0 aromatic rings. The fourth-order valence-electron chi connectivity index (χ4n) is 0. The van der Waals surface area contributed by atoms with Gasteiger partial charge in [0.1, 0.15) is 5.78 Å². The zero-order chi connectivity index (χ0) is 7.86. The van der Waals surface area contributed by atoms with Crippen LogP contribution in [0.25, 0.3) is 0 Å². The molecule has 67 valence electrons. The number of hydrogen-bond donors (Lipinski definition) is 0. The van der Waals surface area contributed by atoms with Crippen molar-refractivity contribution in [1.29, 1.82) is 0 Å². The Hall–Kier alpha value is 2.37.